The Hall–Kier alpha value is -2.11. The molecule has 0 radical (unpaired) electrons. The van der Waals surface area contributed by atoms with Crippen LogP contribution in [0.1, 0.15) is 28.4 Å². The molecule has 0 amide bonds. The first kappa shape index (κ1) is 17.7. The van der Waals surface area contributed by atoms with Crippen LogP contribution in [0.2, 0.25) is 5.02 Å². The summed E-state index contributed by atoms with van der Waals surface area (Å²) in [6, 6.07) is 13.2. The van der Waals surface area contributed by atoms with Gasteiger partial charge in [-0.15, -0.1) is 10.2 Å². The fourth-order valence-corrected chi connectivity index (χ4v) is 3.55. The number of aryl methyl sites for hydroxylation is 2. The normalized spacial score (nSPS) is 12.2. The molecule has 25 heavy (non-hydrogen) atoms. The Morgan fingerprint density at radius 2 is 1.96 bits per heavy atom. The summed E-state index contributed by atoms with van der Waals surface area (Å²) in [7, 11) is 0. The minimum atomic E-state index is -0.274. The molecule has 6 heteroatoms. The number of hydrogen-bond donors (Lipinski definition) is 0. The second kappa shape index (κ2) is 7.42. The molecule has 0 aliphatic carbocycles. The van der Waals surface area contributed by atoms with Gasteiger partial charge in [-0.3, -0.25) is 9.36 Å². The van der Waals surface area contributed by atoms with Crippen LogP contribution < -0.4 is 0 Å². The van der Waals surface area contributed by atoms with Gasteiger partial charge in [0.1, 0.15) is 6.33 Å². The molecule has 4 nitrogen and oxygen atoms in total. The zero-order valence-corrected chi connectivity index (χ0v) is 15.8. The predicted molar refractivity (Wildman–Crippen MR) is 102 cm³/mol. The van der Waals surface area contributed by atoms with Crippen LogP contribution in [0.25, 0.3) is 5.69 Å². The summed E-state index contributed by atoms with van der Waals surface area (Å²) >= 11 is 7.45. The Labute approximate surface area is 156 Å². The second-order valence-corrected chi connectivity index (χ2v) is 7.63. The van der Waals surface area contributed by atoms with Gasteiger partial charge in [0.05, 0.1) is 10.9 Å². The van der Waals surface area contributed by atoms with Crippen molar-refractivity contribution in [3.8, 4) is 5.69 Å². The van der Waals surface area contributed by atoms with Crippen molar-refractivity contribution in [2.75, 3.05) is 0 Å². The molecule has 0 saturated carbocycles. The quantitative estimate of drug-likeness (QED) is 0.472. The molecule has 0 fully saturated rings. The summed E-state index contributed by atoms with van der Waals surface area (Å²) in [6.45, 7) is 5.94. The van der Waals surface area contributed by atoms with Crippen LogP contribution in [0, 0.1) is 13.8 Å². The van der Waals surface area contributed by atoms with E-state index >= 15 is 0 Å². The fourth-order valence-electron chi connectivity index (χ4n) is 2.45. The third-order valence-corrected chi connectivity index (χ3v) is 5.34. The lowest BCUT2D eigenvalue weighted by Gasteiger charge is -2.12. The number of rotatable bonds is 5. The molecular formula is C19H18ClN3OS. The average Bonchev–Trinajstić information content (AvgIpc) is 3.04. The zero-order valence-electron chi connectivity index (χ0n) is 14.2. The van der Waals surface area contributed by atoms with Crippen LogP contribution in [0.5, 0.6) is 0 Å². The van der Waals surface area contributed by atoms with E-state index in [0.29, 0.717) is 10.2 Å². The molecule has 3 aromatic rings. The molecule has 0 saturated heterocycles. The van der Waals surface area contributed by atoms with Crippen LogP contribution in [-0.4, -0.2) is 25.8 Å². The van der Waals surface area contributed by atoms with Gasteiger partial charge in [-0.1, -0.05) is 41.6 Å². The lowest BCUT2D eigenvalue weighted by molar-refractivity contribution is 0.0993. The smallest absolute Gasteiger partial charge is 0.196 e. The summed E-state index contributed by atoms with van der Waals surface area (Å²) in [6.07, 6.45) is 1.63. The van der Waals surface area contributed by atoms with E-state index < -0.39 is 0 Å². The van der Waals surface area contributed by atoms with Gasteiger partial charge in [-0.2, -0.15) is 0 Å². The molecule has 0 aliphatic heterocycles. The SMILES string of the molecule is Cc1ccc(C(=O)C(C)Sc2nncn2-c2cccc(Cl)c2)cc1C. The van der Waals surface area contributed by atoms with E-state index in [1.165, 1.54) is 17.3 Å². The van der Waals surface area contributed by atoms with Gasteiger partial charge in [-0.25, -0.2) is 0 Å². The first-order valence-corrected chi connectivity index (χ1v) is 9.15. The van der Waals surface area contributed by atoms with E-state index in [1.54, 1.807) is 6.33 Å². The van der Waals surface area contributed by atoms with Crippen molar-refractivity contribution in [1.82, 2.24) is 14.8 Å². The second-order valence-electron chi connectivity index (χ2n) is 5.89. The van der Waals surface area contributed by atoms with Gasteiger partial charge in [0.2, 0.25) is 0 Å². The van der Waals surface area contributed by atoms with E-state index in [1.807, 2.05) is 67.8 Å². The molecule has 0 spiro atoms. The molecule has 0 N–H and O–H groups in total. The molecule has 1 atom stereocenters. The zero-order chi connectivity index (χ0) is 18.0. The Balaban J connectivity index is 1.82. The summed E-state index contributed by atoms with van der Waals surface area (Å²) in [5.74, 6) is 0.0775. The minimum Gasteiger partial charge on any atom is -0.293 e. The molecular weight excluding hydrogens is 354 g/mol. The highest BCUT2D eigenvalue weighted by atomic mass is 35.5. The number of Topliss-reactive ketones (excluding diaryl/α,β-unsaturated/α-hetero) is 1. The molecule has 128 valence electrons. The first-order valence-electron chi connectivity index (χ1n) is 7.90. The number of nitrogens with zero attached hydrogens (tertiary/aromatic N) is 3. The lowest BCUT2D eigenvalue weighted by Crippen LogP contribution is -2.14. The maximum absolute atomic E-state index is 12.7. The van der Waals surface area contributed by atoms with E-state index in [0.717, 1.165) is 16.8 Å². The monoisotopic (exact) mass is 371 g/mol. The number of thioether (sulfide) groups is 1. The van der Waals surface area contributed by atoms with Crippen molar-refractivity contribution in [1.29, 1.82) is 0 Å². The number of aromatic nitrogens is 3. The van der Waals surface area contributed by atoms with Crippen LogP contribution in [0.15, 0.2) is 53.9 Å². The Kier molecular flexibility index (Phi) is 5.25. The molecule has 1 heterocycles. The number of ketones is 1. The van der Waals surface area contributed by atoms with Crippen molar-refractivity contribution in [3.05, 3.63) is 70.5 Å². The lowest BCUT2D eigenvalue weighted by atomic mass is 10.0. The van der Waals surface area contributed by atoms with E-state index in [4.69, 9.17) is 11.6 Å². The van der Waals surface area contributed by atoms with Crippen molar-refractivity contribution < 1.29 is 4.79 Å². The number of halogens is 1. The number of benzene rings is 2. The van der Waals surface area contributed by atoms with E-state index in [9.17, 15) is 4.79 Å². The third kappa shape index (κ3) is 3.94. The number of carbonyl (C=O) groups excluding carboxylic acids is 1. The van der Waals surface area contributed by atoms with Crippen molar-refractivity contribution in [2.45, 2.75) is 31.2 Å². The van der Waals surface area contributed by atoms with E-state index in [-0.39, 0.29) is 11.0 Å². The highest BCUT2D eigenvalue weighted by Crippen LogP contribution is 2.27. The molecule has 0 aliphatic rings. The maximum Gasteiger partial charge on any atom is 0.196 e. The van der Waals surface area contributed by atoms with Crippen LogP contribution in [0.3, 0.4) is 0 Å². The van der Waals surface area contributed by atoms with Gasteiger partial charge in [-0.05, 0) is 56.2 Å². The first-order chi connectivity index (χ1) is 12.0. The summed E-state index contributed by atoms with van der Waals surface area (Å²) in [5.41, 5.74) is 3.88. The highest BCUT2D eigenvalue weighted by molar-refractivity contribution is 8.00. The summed E-state index contributed by atoms with van der Waals surface area (Å²) in [4.78, 5) is 12.7. The fraction of sp³-hybridized carbons (Fsp3) is 0.211. The Bertz CT molecular complexity index is 923. The largest absolute Gasteiger partial charge is 0.293 e. The van der Waals surface area contributed by atoms with Crippen molar-refractivity contribution in [2.24, 2.45) is 0 Å². The van der Waals surface area contributed by atoms with Crippen molar-refractivity contribution >= 4 is 29.1 Å². The van der Waals surface area contributed by atoms with Crippen LogP contribution in [-0.2, 0) is 0 Å². The Morgan fingerprint density at radius 3 is 2.68 bits per heavy atom. The van der Waals surface area contributed by atoms with Gasteiger partial charge < -0.3 is 0 Å². The predicted octanol–water partition coefficient (Wildman–Crippen LogP) is 4.90. The van der Waals surface area contributed by atoms with Crippen LogP contribution in [0.4, 0.5) is 0 Å². The van der Waals surface area contributed by atoms with E-state index in [2.05, 4.69) is 10.2 Å². The van der Waals surface area contributed by atoms with Gasteiger partial charge >= 0.3 is 0 Å². The van der Waals surface area contributed by atoms with Crippen LogP contribution >= 0.6 is 23.4 Å². The topological polar surface area (TPSA) is 47.8 Å². The minimum absolute atomic E-state index is 0.0775. The Morgan fingerprint density at radius 1 is 1.16 bits per heavy atom. The molecule has 1 aromatic heterocycles. The molecule has 0 bridgehead atoms. The summed E-state index contributed by atoms with van der Waals surface area (Å²) in [5, 5.41) is 9.15. The number of carbonyl (C=O) groups is 1. The maximum atomic E-state index is 12.7. The molecule has 1 unspecified atom stereocenters. The third-order valence-electron chi connectivity index (χ3n) is 4.05. The van der Waals surface area contributed by atoms with Crippen molar-refractivity contribution in [3.63, 3.8) is 0 Å². The number of hydrogen-bond acceptors (Lipinski definition) is 4. The van der Waals surface area contributed by atoms with Gasteiger partial charge in [0.25, 0.3) is 0 Å². The molecule has 2 aromatic carbocycles. The molecule has 3 rings (SSSR count). The summed E-state index contributed by atoms with van der Waals surface area (Å²) < 4.78 is 1.83. The highest BCUT2D eigenvalue weighted by Gasteiger charge is 2.20. The van der Waals surface area contributed by atoms with Gasteiger partial charge in [0, 0.05) is 10.6 Å². The van der Waals surface area contributed by atoms with Gasteiger partial charge in [0.15, 0.2) is 10.9 Å². The average molecular weight is 372 g/mol. The standard InChI is InChI=1S/C19H18ClN3OS/c1-12-7-8-15(9-13(12)2)18(24)14(3)25-19-22-21-11-23(19)17-6-4-5-16(20)10-17/h4-11,14H,1-3H3.